The largest absolute Gasteiger partial charge is 0.496 e. The molecule has 0 aliphatic carbocycles. The van der Waals surface area contributed by atoms with E-state index in [1.165, 1.54) is 11.8 Å². The second-order valence-electron chi connectivity index (χ2n) is 5.21. The number of hydrogen-bond donors (Lipinski definition) is 0. The Morgan fingerprint density at radius 1 is 1.08 bits per heavy atom. The van der Waals surface area contributed by atoms with Crippen molar-refractivity contribution in [2.45, 2.75) is 10.9 Å². The minimum atomic E-state index is 0.454. The molecule has 0 aliphatic heterocycles. The van der Waals surface area contributed by atoms with Gasteiger partial charge in [0.1, 0.15) is 5.75 Å². The Morgan fingerprint density at radius 2 is 1.88 bits per heavy atom. The second kappa shape index (κ2) is 7.36. The molecule has 0 atom stereocenters. The Labute approximate surface area is 153 Å². The van der Waals surface area contributed by atoms with E-state index in [-0.39, 0.29) is 0 Å². The van der Waals surface area contributed by atoms with Gasteiger partial charge in [0.2, 0.25) is 16.9 Å². The van der Waals surface area contributed by atoms with Crippen molar-refractivity contribution in [3.8, 4) is 22.8 Å². The molecule has 26 heavy (non-hydrogen) atoms. The first-order valence-corrected chi connectivity index (χ1v) is 8.76. The summed E-state index contributed by atoms with van der Waals surface area (Å²) >= 11 is 1.42. The van der Waals surface area contributed by atoms with Crippen LogP contribution in [-0.2, 0) is 5.75 Å². The van der Waals surface area contributed by atoms with Crippen LogP contribution in [0, 0.1) is 0 Å². The van der Waals surface area contributed by atoms with E-state index in [2.05, 4.69) is 25.7 Å². The predicted molar refractivity (Wildman–Crippen MR) is 95.0 cm³/mol. The average Bonchev–Trinajstić information content (AvgIpc) is 3.36. The zero-order valence-corrected chi connectivity index (χ0v) is 14.6. The molecule has 0 N–H and O–H groups in total. The highest BCUT2D eigenvalue weighted by molar-refractivity contribution is 7.98. The molecule has 0 radical (unpaired) electrons. The van der Waals surface area contributed by atoms with Crippen LogP contribution in [0.25, 0.3) is 17.1 Å². The smallest absolute Gasteiger partial charge is 0.237 e. The Morgan fingerprint density at radius 3 is 2.73 bits per heavy atom. The van der Waals surface area contributed by atoms with Gasteiger partial charge < -0.3 is 9.26 Å². The number of para-hydroxylation sites is 2. The van der Waals surface area contributed by atoms with Crippen LogP contribution in [0.1, 0.15) is 5.89 Å². The van der Waals surface area contributed by atoms with E-state index in [1.54, 1.807) is 11.8 Å². The van der Waals surface area contributed by atoms with Crippen LogP contribution < -0.4 is 4.74 Å². The topological polar surface area (TPSA) is 91.8 Å². The van der Waals surface area contributed by atoms with E-state index >= 15 is 0 Å². The molecule has 0 fully saturated rings. The van der Waals surface area contributed by atoms with Crippen molar-refractivity contribution in [2.75, 3.05) is 7.11 Å². The number of ether oxygens (including phenoxy) is 1. The van der Waals surface area contributed by atoms with Gasteiger partial charge in [0.25, 0.3) is 0 Å². The lowest BCUT2D eigenvalue weighted by atomic mass is 10.2. The number of tetrazole rings is 1. The number of methoxy groups -OCH3 is 1. The summed E-state index contributed by atoms with van der Waals surface area (Å²) in [6, 6.07) is 17.2. The zero-order valence-electron chi connectivity index (χ0n) is 13.8. The molecule has 8 nitrogen and oxygen atoms in total. The van der Waals surface area contributed by atoms with Gasteiger partial charge in [-0.25, -0.2) is 0 Å². The van der Waals surface area contributed by atoms with E-state index < -0.39 is 0 Å². The minimum Gasteiger partial charge on any atom is -0.496 e. The van der Waals surface area contributed by atoms with E-state index in [0.29, 0.717) is 28.4 Å². The molecule has 0 saturated carbocycles. The van der Waals surface area contributed by atoms with Crippen LogP contribution in [0.15, 0.2) is 64.3 Å². The summed E-state index contributed by atoms with van der Waals surface area (Å²) in [4.78, 5) is 4.43. The summed E-state index contributed by atoms with van der Waals surface area (Å²) in [6.07, 6.45) is 0. The van der Waals surface area contributed by atoms with Crippen LogP contribution in [0.5, 0.6) is 5.75 Å². The summed E-state index contributed by atoms with van der Waals surface area (Å²) in [5, 5.41) is 16.5. The van der Waals surface area contributed by atoms with E-state index in [4.69, 9.17) is 9.26 Å². The number of hydrogen-bond acceptors (Lipinski definition) is 8. The van der Waals surface area contributed by atoms with E-state index in [1.807, 2.05) is 54.6 Å². The molecular weight excluding hydrogens is 352 g/mol. The van der Waals surface area contributed by atoms with Gasteiger partial charge >= 0.3 is 0 Å². The third-order valence-corrected chi connectivity index (χ3v) is 4.49. The molecule has 2 aromatic heterocycles. The van der Waals surface area contributed by atoms with Crippen molar-refractivity contribution in [1.82, 2.24) is 30.3 Å². The van der Waals surface area contributed by atoms with Gasteiger partial charge in [0, 0.05) is 0 Å². The molecule has 4 aromatic rings. The first kappa shape index (κ1) is 16.3. The number of benzene rings is 2. The SMILES string of the molecule is COc1ccccc1-c1noc(CSc2nnnn2-c2ccccc2)n1. The van der Waals surface area contributed by atoms with Crippen molar-refractivity contribution >= 4 is 11.8 Å². The molecule has 2 heterocycles. The number of rotatable bonds is 6. The monoisotopic (exact) mass is 366 g/mol. The fourth-order valence-corrected chi connectivity index (χ4v) is 3.11. The van der Waals surface area contributed by atoms with Gasteiger partial charge in [0.05, 0.1) is 24.1 Å². The lowest BCUT2D eigenvalue weighted by Crippen LogP contribution is -1.98. The quantitative estimate of drug-likeness (QED) is 0.481. The molecule has 0 bridgehead atoms. The standard InChI is InChI=1S/C17H14N6O2S/c1-24-14-10-6-5-9-13(14)16-18-15(25-20-16)11-26-17-19-21-22-23(17)12-7-3-2-4-8-12/h2-10H,11H2,1H3. The molecule has 9 heteroatoms. The van der Waals surface area contributed by atoms with E-state index in [9.17, 15) is 0 Å². The maximum absolute atomic E-state index is 5.35. The van der Waals surface area contributed by atoms with Gasteiger partial charge in [-0.2, -0.15) is 9.67 Å². The highest BCUT2D eigenvalue weighted by atomic mass is 32.2. The number of thioether (sulfide) groups is 1. The van der Waals surface area contributed by atoms with Crippen molar-refractivity contribution < 1.29 is 9.26 Å². The van der Waals surface area contributed by atoms with Crippen LogP contribution in [0.2, 0.25) is 0 Å². The molecule has 4 rings (SSSR count). The van der Waals surface area contributed by atoms with Gasteiger partial charge in [-0.15, -0.1) is 5.10 Å². The summed E-state index contributed by atoms with van der Waals surface area (Å²) in [7, 11) is 1.61. The molecule has 2 aromatic carbocycles. The maximum atomic E-state index is 5.35. The Hall–Kier alpha value is -3.20. The van der Waals surface area contributed by atoms with Gasteiger partial charge in [0.15, 0.2) is 0 Å². The predicted octanol–water partition coefficient (Wildman–Crippen LogP) is 3.01. The lowest BCUT2D eigenvalue weighted by Gasteiger charge is -2.03. The third-order valence-electron chi connectivity index (χ3n) is 3.58. The molecular formula is C17H14N6O2S. The first-order chi connectivity index (χ1) is 12.8. The Balaban J connectivity index is 1.51. The number of nitrogens with zero attached hydrogens (tertiary/aromatic N) is 6. The van der Waals surface area contributed by atoms with Gasteiger partial charge in [-0.3, -0.25) is 0 Å². The third kappa shape index (κ3) is 3.29. The molecule has 130 valence electrons. The highest BCUT2D eigenvalue weighted by Gasteiger charge is 2.15. The lowest BCUT2D eigenvalue weighted by molar-refractivity contribution is 0.390. The summed E-state index contributed by atoms with van der Waals surface area (Å²) in [5.41, 5.74) is 1.67. The first-order valence-electron chi connectivity index (χ1n) is 7.78. The fourth-order valence-electron chi connectivity index (χ4n) is 2.38. The van der Waals surface area contributed by atoms with Crippen LogP contribution in [0.4, 0.5) is 0 Å². The Kier molecular flexibility index (Phi) is 4.61. The summed E-state index contributed by atoms with van der Waals surface area (Å²) < 4.78 is 12.4. The minimum absolute atomic E-state index is 0.454. The summed E-state index contributed by atoms with van der Waals surface area (Å²) in [5.74, 6) is 2.12. The van der Waals surface area contributed by atoms with Crippen LogP contribution in [-0.4, -0.2) is 37.5 Å². The highest BCUT2D eigenvalue weighted by Crippen LogP contribution is 2.28. The van der Waals surface area contributed by atoms with Gasteiger partial charge in [-0.05, 0) is 34.7 Å². The van der Waals surface area contributed by atoms with Crippen molar-refractivity contribution in [2.24, 2.45) is 0 Å². The molecule has 0 spiro atoms. The second-order valence-corrected chi connectivity index (χ2v) is 6.15. The van der Waals surface area contributed by atoms with Crippen molar-refractivity contribution in [3.63, 3.8) is 0 Å². The van der Waals surface area contributed by atoms with Crippen LogP contribution >= 0.6 is 11.8 Å². The average molecular weight is 366 g/mol. The molecule has 0 amide bonds. The Bertz CT molecular complexity index is 1000. The van der Waals surface area contributed by atoms with Crippen LogP contribution in [0.3, 0.4) is 0 Å². The molecule has 0 unspecified atom stereocenters. The van der Waals surface area contributed by atoms with Gasteiger partial charge in [-0.1, -0.05) is 47.3 Å². The fraction of sp³-hybridized carbons (Fsp3) is 0.118. The maximum Gasteiger partial charge on any atom is 0.237 e. The zero-order chi connectivity index (χ0) is 17.8. The normalized spacial score (nSPS) is 10.8. The number of aromatic nitrogens is 6. The van der Waals surface area contributed by atoms with E-state index in [0.717, 1.165) is 11.3 Å². The van der Waals surface area contributed by atoms with Crippen molar-refractivity contribution in [1.29, 1.82) is 0 Å². The molecule has 0 saturated heterocycles. The van der Waals surface area contributed by atoms with Crippen molar-refractivity contribution in [3.05, 3.63) is 60.5 Å². The molecule has 0 aliphatic rings. The summed E-state index contributed by atoms with van der Waals surface area (Å²) in [6.45, 7) is 0.